The lowest BCUT2D eigenvalue weighted by atomic mass is 10.1. The normalized spacial score (nSPS) is 10.6. The number of aromatic nitrogens is 1. The summed E-state index contributed by atoms with van der Waals surface area (Å²) in [7, 11) is 0. The van der Waals surface area contributed by atoms with Crippen molar-refractivity contribution in [3.63, 3.8) is 0 Å². The fourth-order valence-corrected chi connectivity index (χ4v) is 2.51. The maximum atomic E-state index is 6.19. The molecule has 0 amide bonds. The van der Waals surface area contributed by atoms with Crippen molar-refractivity contribution in [1.82, 2.24) is 4.98 Å². The Morgan fingerprint density at radius 2 is 2.00 bits per heavy atom. The van der Waals surface area contributed by atoms with E-state index in [1.807, 2.05) is 24.3 Å². The first-order valence-electron chi connectivity index (χ1n) is 6.41. The van der Waals surface area contributed by atoms with Crippen LogP contribution < -0.4 is 10.5 Å². The molecule has 0 spiro atoms. The number of rotatable bonds is 6. The Morgan fingerprint density at radius 1 is 1.15 bits per heavy atom. The summed E-state index contributed by atoms with van der Waals surface area (Å²) in [6.07, 6.45) is 3.17. The molecule has 2 N–H and O–H groups in total. The van der Waals surface area contributed by atoms with Crippen molar-refractivity contribution in [2.45, 2.75) is 12.8 Å². The van der Waals surface area contributed by atoms with Gasteiger partial charge in [-0.3, -0.25) is 4.98 Å². The van der Waals surface area contributed by atoms with Gasteiger partial charge >= 0.3 is 0 Å². The molecule has 0 saturated carbocycles. The van der Waals surface area contributed by atoms with Crippen LogP contribution in [0, 0.1) is 0 Å². The third-order valence-corrected chi connectivity index (χ3v) is 3.33. The third kappa shape index (κ3) is 4.10. The van der Waals surface area contributed by atoms with E-state index in [0.29, 0.717) is 35.4 Å². The van der Waals surface area contributed by atoms with Gasteiger partial charge in [0.05, 0.1) is 11.6 Å². The van der Waals surface area contributed by atoms with Gasteiger partial charge in [-0.25, -0.2) is 0 Å². The molecular weight excluding hydrogens is 295 g/mol. The molecule has 0 atom stereocenters. The lowest BCUT2D eigenvalue weighted by Gasteiger charge is -2.13. The van der Waals surface area contributed by atoms with E-state index >= 15 is 0 Å². The molecule has 2 rings (SSSR count). The van der Waals surface area contributed by atoms with Crippen LogP contribution in [0.1, 0.15) is 11.3 Å². The molecule has 0 aliphatic carbocycles. The molecule has 106 valence electrons. The van der Waals surface area contributed by atoms with Crippen molar-refractivity contribution in [2.75, 3.05) is 13.2 Å². The third-order valence-electron chi connectivity index (χ3n) is 2.83. The monoisotopic (exact) mass is 310 g/mol. The standard InChI is InChI=1S/C15H16Cl2N2O/c16-12-9-11(4-6-18)15(14(17)10-12)20-8-5-13-3-1-2-7-19-13/h1-3,7,9-10H,4-6,8,18H2. The van der Waals surface area contributed by atoms with Crippen LogP contribution in [0.25, 0.3) is 0 Å². The summed E-state index contributed by atoms with van der Waals surface area (Å²) in [5.74, 6) is 0.664. The Labute approximate surface area is 128 Å². The zero-order valence-corrected chi connectivity index (χ0v) is 12.5. The molecule has 5 heteroatoms. The average Bonchev–Trinajstić information content (AvgIpc) is 2.43. The lowest BCUT2D eigenvalue weighted by molar-refractivity contribution is 0.317. The highest BCUT2D eigenvalue weighted by Gasteiger charge is 2.10. The maximum Gasteiger partial charge on any atom is 0.141 e. The number of ether oxygens (including phenoxy) is 1. The highest BCUT2D eigenvalue weighted by atomic mass is 35.5. The molecule has 2 aromatic rings. The van der Waals surface area contributed by atoms with Crippen LogP contribution in [0.4, 0.5) is 0 Å². The van der Waals surface area contributed by atoms with Gasteiger partial charge in [0.1, 0.15) is 5.75 Å². The number of nitrogens with two attached hydrogens (primary N) is 1. The fourth-order valence-electron chi connectivity index (χ4n) is 1.92. The van der Waals surface area contributed by atoms with Crippen molar-refractivity contribution in [2.24, 2.45) is 5.73 Å². The SMILES string of the molecule is NCCc1cc(Cl)cc(Cl)c1OCCc1ccccn1. The minimum absolute atomic E-state index is 0.510. The van der Waals surface area contributed by atoms with E-state index < -0.39 is 0 Å². The molecule has 0 bridgehead atoms. The average molecular weight is 311 g/mol. The summed E-state index contributed by atoms with van der Waals surface area (Å²) in [5, 5.41) is 1.11. The van der Waals surface area contributed by atoms with Crippen molar-refractivity contribution in [1.29, 1.82) is 0 Å². The Morgan fingerprint density at radius 3 is 2.70 bits per heavy atom. The molecular formula is C15H16Cl2N2O. The van der Waals surface area contributed by atoms with Gasteiger partial charge in [-0.1, -0.05) is 29.3 Å². The van der Waals surface area contributed by atoms with E-state index in [4.69, 9.17) is 33.7 Å². The molecule has 0 saturated heterocycles. The number of hydrogen-bond acceptors (Lipinski definition) is 3. The Kier molecular flexibility index (Phi) is 5.65. The minimum Gasteiger partial charge on any atom is -0.491 e. The fraction of sp³-hybridized carbons (Fsp3) is 0.267. The lowest BCUT2D eigenvalue weighted by Crippen LogP contribution is -2.08. The van der Waals surface area contributed by atoms with E-state index in [0.717, 1.165) is 17.7 Å². The topological polar surface area (TPSA) is 48.1 Å². The first-order valence-corrected chi connectivity index (χ1v) is 7.17. The predicted octanol–water partition coefficient (Wildman–Crippen LogP) is 3.51. The summed E-state index contributed by atoms with van der Waals surface area (Å²) in [6.45, 7) is 1.03. The van der Waals surface area contributed by atoms with Crippen LogP contribution in [0.15, 0.2) is 36.5 Å². The first-order chi connectivity index (χ1) is 9.70. The maximum absolute atomic E-state index is 6.19. The minimum atomic E-state index is 0.510. The Balaban J connectivity index is 2.05. The van der Waals surface area contributed by atoms with E-state index in [1.165, 1.54) is 0 Å². The Bertz CT molecular complexity index is 561. The summed E-state index contributed by atoms with van der Waals surface area (Å²) in [6, 6.07) is 9.33. The van der Waals surface area contributed by atoms with Crippen molar-refractivity contribution < 1.29 is 4.74 Å². The largest absolute Gasteiger partial charge is 0.491 e. The molecule has 20 heavy (non-hydrogen) atoms. The molecule has 0 aliphatic rings. The Hall–Kier alpha value is -1.29. The van der Waals surface area contributed by atoms with Crippen LogP contribution in [-0.4, -0.2) is 18.1 Å². The van der Waals surface area contributed by atoms with Gasteiger partial charge in [0.15, 0.2) is 0 Å². The molecule has 1 heterocycles. The highest BCUT2D eigenvalue weighted by molar-refractivity contribution is 6.35. The van der Waals surface area contributed by atoms with Crippen LogP contribution in [0.5, 0.6) is 5.75 Å². The van der Waals surface area contributed by atoms with Crippen molar-refractivity contribution in [3.05, 3.63) is 57.8 Å². The second kappa shape index (κ2) is 7.48. The van der Waals surface area contributed by atoms with Gasteiger partial charge in [-0.2, -0.15) is 0 Å². The van der Waals surface area contributed by atoms with Gasteiger partial charge < -0.3 is 10.5 Å². The van der Waals surface area contributed by atoms with E-state index in [9.17, 15) is 0 Å². The number of halogens is 2. The van der Waals surface area contributed by atoms with Gasteiger partial charge in [0, 0.05) is 23.3 Å². The molecule has 3 nitrogen and oxygen atoms in total. The van der Waals surface area contributed by atoms with Crippen molar-refractivity contribution >= 4 is 23.2 Å². The van der Waals surface area contributed by atoms with E-state index in [1.54, 1.807) is 12.3 Å². The zero-order valence-electron chi connectivity index (χ0n) is 11.0. The summed E-state index contributed by atoms with van der Waals surface area (Å²) in [5.41, 5.74) is 7.52. The summed E-state index contributed by atoms with van der Waals surface area (Å²) < 4.78 is 5.79. The summed E-state index contributed by atoms with van der Waals surface area (Å²) >= 11 is 12.2. The van der Waals surface area contributed by atoms with Crippen LogP contribution in [-0.2, 0) is 12.8 Å². The number of pyridine rings is 1. The number of hydrogen-bond donors (Lipinski definition) is 1. The number of benzene rings is 1. The molecule has 0 aliphatic heterocycles. The van der Waals surface area contributed by atoms with Crippen molar-refractivity contribution in [3.8, 4) is 5.75 Å². The molecule has 0 fully saturated rings. The number of nitrogens with zero attached hydrogens (tertiary/aromatic N) is 1. The van der Waals surface area contributed by atoms with Gasteiger partial charge in [-0.05, 0) is 42.8 Å². The molecule has 1 aromatic heterocycles. The van der Waals surface area contributed by atoms with Crippen LogP contribution >= 0.6 is 23.2 Å². The highest BCUT2D eigenvalue weighted by Crippen LogP contribution is 2.32. The second-order valence-corrected chi connectivity index (χ2v) is 5.18. The molecule has 0 unspecified atom stereocenters. The van der Waals surface area contributed by atoms with E-state index in [2.05, 4.69) is 4.98 Å². The smallest absolute Gasteiger partial charge is 0.141 e. The molecule has 0 radical (unpaired) electrons. The summed E-state index contributed by atoms with van der Waals surface area (Å²) in [4.78, 5) is 4.25. The quantitative estimate of drug-likeness (QED) is 0.888. The van der Waals surface area contributed by atoms with Gasteiger partial charge in [0.2, 0.25) is 0 Å². The first kappa shape index (κ1) is 15.1. The van der Waals surface area contributed by atoms with Crippen LogP contribution in [0.2, 0.25) is 10.0 Å². The van der Waals surface area contributed by atoms with Gasteiger partial charge in [0.25, 0.3) is 0 Å². The second-order valence-electron chi connectivity index (χ2n) is 4.33. The molecule has 1 aromatic carbocycles. The van der Waals surface area contributed by atoms with Gasteiger partial charge in [-0.15, -0.1) is 0 Å². The van der Waals surface area contributed by atoms with Crippen LogP contribution in [0.3, 0.4) is 0 Å². The zero-order chi connectivity index (χ0) is 14.4. The van der Waals surface area contributed by atoms with E-state index in [-0.39, 0.29) is 0 Å². The predicted molar refractivity (Wildman–Crippen MR) is 82.7 cm³/mol.